The molecule has 0 bridgehead atoms. The molecule has 0 aromatic heterocycles. The van der Waals surface area contributed by atoms with Crippen LogP contribution < -0.4 is 9.47 Å². The molecule has 0 spiro atoms. The van der Waals surface area contributed by atoms with E-state index in [9.17, 15) is 19.2 Å². The molecule has 1 N–H and O–H groups in total. The number of benzene rings is 1. The van der Waals surface area contributed by atoms with Crippen LogP contribution in [0.3, 0.4) is 0 Å². The zero-order chi connectivity index (χ0) is 34.6. The molecule has 1 aromatic carbocycles. The van der Waals surface area contributed by atoms with Gasteiger partial charge in [0.15, 0.2) is 0 Å². The van der Waals surface area contributed by atoms with Gasteiger partial charge in [0.05, 0.1) is 51.5 Å². The molecule has 11 nitrogen and oxygen atoms in total. The third kappa shape index (κ3) is 13.9. The molecule has 0 radical (unpaired) electrons. The Morgan fingerprint density at radius 2 is 1.08 bits per heavy atom. The van der Waals surface area contributed by atoms with Crippen molar-refractivity contribution in [2.75, 3.05) is 39.6 Å². The van der Waals surface area contributed by atoms with Crippen LogP contribution in [-0.2, 0) is 38.1 Å². The first-order valence-electron chi connectivity index (χ1n) is 17.1. The van der Waals surface area contributed by atoms with E-state index < -0.39 is 11.9 Å². The van der Waals surface area contributed by atoms with Crippen molar-refractivity contribution >= 4 is 30.1 Å². The van der Waals surface area contributed by atoms with Crippen molar-refractivity contribution in [2.24, 2.45) is 23.7 Å². The number of carbonyl (C=O) groups is 4. The summed E-state index contributed by atoms with van der Waals surface area (Å²) in [5.74, 6) is 0.560. The first-order chi connectivity index (χ1) is 23.3. The van der Waals surface area contributed by atoms with Gasteiger partial charge in [0.2, 0.25) is 0 Å². The fraction of sp³-hybridized carbons (Fsp3) is 0.595. The molecule has 0 atom stereocenters. The second-order valence-electron chi connectivity index (χ2n) is 12.4. The Labute approximate surface area is 283 Å². The molecule has 0 amide bonds. The maximum absolute atomic E-state index is 12.4. The van der Waals surface area contributed by atoms with Crippen LogP contribution in [0.1, 0.15) is 82.6 Å². The SMILES string of the molecule is C=CC(=O)OCCCCOC(=O)C1CCC(COc2ccc(OCC3CCC(C(=O)OCCCCOC(=O)C=C)CC3)c(C=N)c2)CC1. The third-order valence-electron chi connectivity index (χ3n) is 8.85. The summed E-state index contributed by atoms with van der Waals surface area (Å²) in [5.41, 5.74) is 0.648. The minimum Gasteiger partial charge on any atom is -0.493 e. The molecule has 2 aliphatic rings. The van der Waals surface area contributed by atoms with Crippen molar-refractivity contribution in [1.29, 1.82) is 5.41 Å². The smallest absolute Gasteiger partial charge is 0.330 e. The normalized spacial score (nSPS) is 20.4. The van der Waals surface area contributed by atoms with Crippen molar-refractivity contribution in [3.8, 4) is 11.5 Å². The van der Waals surface area contributed by atoms with E-state index in [1.54, 1.807) is 0 Å². The number of unbranched alkanes of at least 4 members (excludes halogenated alkanes) is 2. The summed E-state index contributed by atoms with van der Waals surface area (Å²) in [4.78, 5) is 47.0. The second-order valence-corrected chi connectivity index (χ2v) is 12.4. The lowest BCUT2D eigenvalue weighted by Crippen LogP contribution is -2.26. The Morgan fingerprint density at radius 3 is 1.52 bits per heavy atom. The molecule has 11 heteroatoms. The number of esters is 4. The topological polar surface area (TPSA) is 148 Å². The number of carbonyl (C=O) groups excluding carboxylic acids is 4. The van der Waals surface area contributed by atoms with Gasteiger partial charge >= 0.3 is 23.9 Å². The molecule has 0 unspecified atom stereocenters. The lowest BCUT2D eigenvalue weighted by atomic mass is 9.82. The van der Waals surface area contributed by atoms with Crippen molar-refractivity contribution in [1.82, 2.24) is 0 Å². The van der Waals surface area contributed by atoms with E-state index in [0.717, 1.165) is 63.5 Å². The van der Waals surface area contributed by atoms with E-state index in [2.05, 4.69) is 13.2 Å². The molecule has 0 heterocycles. The maximum Gasteiger partial charge on any atom is 0.330 e. The Balaban J connectivity index is 1.28. The zero-order valence-electron chi connectivity index (χ0n) is 28.0. The highest BCUT2D eigenvalue weighted by Crippen LogP contribution is 2.33. The average Bonchev–Trinajstić information content (AvgIpc) is 3.12. The molecule has 2 saturated carbocycles. The molecular formula is C37H51NO10. The number of ether oxygens (including phenoxy) is 6. The van der Waals surface area contributed by atoms with Crippen molar-refractivity contribution < 1.29 is 47.6 Å². The third-order valence-corrected chi connectivity index (χ3v) is 8.85. The van der Waals surface area contributed by atoms with E-state index >= 15 is 0 Å². The lowest BCUT2D eigenvalue weighted by molar-refractivity contribution is -0.151. The van der Waals surface area contributed by atoms with Crippen LogP contribution in [-0.4, -0.2) is 69.7 Å². The van der Waals surface area contributed by atoms with Crippen LogP contribution in [0.4, 0.5) is 0 Å². The summed E-state index contributed by atoms with van der Waals surface area (Å²) in [6, 6.07) is 5.52. The summed E-state index contributed by atoms with van der Waals surface area (Å²) in [6.07, 6.45) is 12.6. The zero-order valence-corrected chi connectivity index (χ0v) is 28.0. The average molecular weight is 670 g/mol. The van der Waals surface area contributed by atoms with Crippen molar-refractivity contribution in [2.45, 2.75) is 77.0 Å². The van der Waals surface area contributed by atoms with Gasteiger partial charge in [-0.1, -0.05) is 13.2 Å². The van der Waals surface area contributed by atoms with Crippen LogP contribution in [0.2, 0.25) is 0 Å². The summed E-state index contributed by atoms with van der Waals surface area (Å²) < 4.78 is 32.9. The highest BCUT2D eigenvalue weighted by Gasteiger charge is 2.29. The van der Waals surface area contributed by atoms with E-state index in [0.29, 0.717) is 81.0 Å². The molecule has 0 aliphatic heterocycles. The van der Waals surface area contributed by atoms with Gasteiger partial charge in [-0.2, -0.15) is 0 Å². The Hall–Kier alpha value is -4.15. The summed E-state index contributed by atoms with van der Waals surface area (Å²) in [6.45, 7) is 8.97. The van der Waals surface area contributed by atoms with Gasteiger partial charge in [-0.3, -0.25) is 9.59 Å². The summed E-state index contributed by atoms with van der Waals surface area (Å²) in [7, 11) is 0. The molecule has 264 valence electrons. The quantitative estimate of drug-likeness (QED) is 0.0531. The van der Waals surface area contributed by atoms with Gasteiger partial charge in [-0.15, -0.1) is 0 Å². The van der Waals surface area contributed by atoms with Crippen LogP contribution in [0.25, 0.3) is 0 Å². The Morgan fingerprint density at radius 1 is 0.646 bits per heavy atom. The van der Waals surface area contributed by atoms with Gasteiger partial charge in [0.1, 0.15) is 11.5 Å². The second kappa shape index (κ2) is 21.7. The van der Waals surface area contributed by atoms with E-state index in [4.69, 9.17) is 33.8 Å². The van der Waals surface area contributed by atoms with Gasteiger partial charge in [-0.25, -0.2) is 9.59 Å². The molecule has 1 aromatic rings. The van der Waals surface area contributed by atoms with Crippen LogP contribution in [0.15, 0.2) is 43.5 Å². The largest absolute Gasteiger partial charge is 0.493 e. The lowest BCUT2D eigenvalue weighted by Gasteiger charge is -2.28. The Bertz CT molecular complexity index is 1210. The minimum absolute atomic E-state index is 0.0945. The fourth-order valence-corrected chi connectivity index (χ4v) is 5.86. The van der Waals surface area contributed by atoms with Crippen molar-refractivity contribution in [3.05, 3.63) is 49.1 Å². The summed E-state index contributed by atoms with van der Waals surface area (Å²) in [5, 5.41) is 7.89. The van der Waals surface area contributed by atoms with E-state index in [1.807, 2.05) is 18.2 Å². The predicted octanol–water partition coefficient (Wildman–Crippen LogP) is 6.16. The van der Waals surface area contributed by atoms with E-state index in [-0.39, 0.29) is 37.0 Å². The highest BCUT2D eigenvalue weighted by molar-refractivity contribution is 5.82. The maximum atomic E-state index is 12.4. The van der Waals surface area contributed by atoms with Crippen LogP contribution in [0, 0.1) is 29.1 Å². The number of rotatable bonds is 21. The molecule has 2 aliphatic carbocycles. The van der Waals surface area contributed by atoms with Gasteiger partial charge < -0.3 is 33.8 Å². The fourth-order valence-electron chi connectivity index (χ4n) is 5.86. The molecular weight excluding hydrogens is 618 g/mol. The predicted molar refractivity (Wildman–Crippen MR) is 179 cm³/mol. The first kappa shape index (κ1) is 38.3. The van der Waals surface area contributed by atoms with Crippen molar-refractivity contribution in [3.63, 3.8) is 0 Å². The van der Waals surface area contributed by atoms with Crippen LogP contribution in [0.5, 0.6) is 11.5 Å². The number of nitrogens with one attached hydrogen (secondary N) is 1. The standard InChI is InChI=1S/C37H51NO10/c1-3-34(39)43-19-5-7-21-45-36(41)29-13-9-27(10-14-29)25-47-32-17-18-33(31(23-32)24-38)48-26-28-11-15-30(16-12-28)37(42)46-22-8-6-20-44-35(40)4-2/h3-4,17-18,23-24,27-30,38H,1-2,5-16,19-22,25-26H2. The minimum atomic E-state index is -0.450. The Kier molecular flexibility index (Phi) is 17.3. The molecule has 0 saturated heterocycles. The number of hydrogen-bond acceptors (Lipinski definition) is 11. The van der Waals surface area contributed by atoms with Crippen LogP contribution >= 0.6 is 0 Å². The van der Waals surface area contributed by atoms with E-state index in [1.165, 1.54) is 6.21 Å². The molecule has 3 rings (SSSR count). The molecule has 48 heavy (non-hydrogen) atoms. The monoisotopic (exact) mass is 669 g/mol. The summed E-state index contributed by atoms with van der Waals surface area (Å²) >= 11 is 0. The first-order valence-corrected chi connectivity index (χ1v) is 17.1. The van der Waals surface area contributed by atoms with Gasteiger partial charge in [0, 0.05) is 23.9 Å². The molecule has 2 fully saturated rings. The number of hydrogen-bond donors (Lipinski definition) is 1. The highest BCUT2D eigenvalue weighted by atomic mass is 16.5. The van der Waals surface area contributed by atoms with Gasteiger partial charge in [0.25, 0.3) is 0 Å². The van der Waals surface area contributed by atoms with Gasteiger partial charge in [-0.05, 0) is 107 Å².